The van der Waals surface area contributed by atoms with Crippen molar-refractivity contribution in [1.29, 1.82) is 0 Å². The first kappa shape index (κ1) is 10.8. The van der Waals surface area contributed by atoms with Crippen LogP contribution in [0.3, 0.4) is 0 Å². The zero-order chi connectivity index (χ0) is 12.5. The molecule has 3 rings (SSSR count). The molecule has 0 spiro atoms. The maximum Gasteiger partial charge on any atom is 0.224 e. The smallest absolute Gasteiger partial charge is 0.224 e. The van der Waals surface area contributed by atoms with Crippen molar-refractivity contribution < 1.29 is 4.79 Å². The van der Waals surface area contributed by atoms with Gasteiger partial charge in [0.05, 0.1) is 6.42 Å². The van der Waals surface area contributed by atoms with E-state index in [0.29, 0.717) is 6.42 Å². The van der Waals surface area contributed by atoms with Gasteiger partial charge in [-0.15, -0.1) is 0 Å². The monoisotopic (exact) mass is 238 g/mol. The van der Waals surface area contributed by atoms with Crippen LogP contribution in [-0.4, -0.2) is 13.0 Å². The highest BCUT2D eigenvalue weighted by atomic mass is 16.1. The van der Waals surface area contributed by atoms with Crippen LogP contribution in [0.5, 0.6) is 0 Å². The van der Waals surface area contributed by atoms with E-state index in [2.05, 4.69) is 34.9 Å². The van der Waals surface area contributed by atoms with E-state index in [1.54, 1.807) is 7.05 Å². The van der Waals surface area contributed by atoms with Gasteiger partial charge in [-0.25, -0.2) is 0 Å². The lowest BCUT2D eigenvalue weighted by molar-refractivity contribution is -0.119. The van der Waals surface area contributed by atoms with Crippen molar-refractivity contribution in [3.63, 3.8) is 0 Å². The fraction of sp³-hybridized carbons (Fsp3) is 0.133. The Kier molecular flexibility index (Phi) is 2.52. The molecule has 1 aliphatic heterocycles. The molecule has 2 aromatic rings. The number of hydrogen-bond donors (Lipinski definition) is 2. The summed E-state index contributed by atoms with van der Waals surface area (Å²) in [7, 11) is 1.66. The molecule has 1 aliphatic rings. The lowest BCUT2D eigenvalue weighted by Crippen LogP contribution is -2.18. The second kappa shape index (κ2) is 4.18. The Labute approximate surface area is 106 Å². The Morgan fingerprint density at radius 3 is 2.78 bits per heavy atom. The molecule has 2 N–H and O–H groups in total. The van der Waals surface area contributed by atoms with Crippen molar-refractivity contribution in [1.82, 2.24) is 5.32 Å². The number of amides is 1. The fourth-order valence-corrected chi connectivity index (χ4v) is 2.38. The van der Waals surface area contributed by atoms with Crippen LogP contribution in [0.4, 0.5) is 5.69 Å². The summed E-state index contributed by atoms with van der Waals surface area (Å²) in [4.78, 5) is 11.5. The molecule has 0 aromatic heterocycles. The molecule has 0 radical (unpaired) electrons. The summed E-state index contributed by atoms with van der Waals surface area (Å²) in [6.45, 7) is 0. The second-order valence-electron chi connectivity index (χ2n) is 4.37. The van der Waals surface area contributed by atoms with Gasteiger partial charge in [-0.1, -0.05) is 30.3 Å². The van der Waals surface area contributed by atoms with Gasteiger partial charge in [-0.3, -0.25) is 4.79 Å². The van der Waals surface area contributed by atoms with Gasteiger partial charge < -0.3 is 10.6 Å². The van der Waals surface area contributed by atoms with Crippen LogP contribution in [0.15, 0.2) is 42.6 Å². The Hall–Kier alpha value is -2.29. The molecular weight excluding hydrogens is 224 g/mol. The zero-order valence-electron chi connectivity index (χ0n) is 10.2. The van der Waals surface area contributed by atoms with E-state index in [1.807, 2.05) is 18.3 Å². The van der Waals surface area contributed by atoms with E-state index in [-0.39, 0.29) is 5.91 Å². The van der Waals surface area contributed by atoms with Crippen molar-refractivity contribution >= 4 is 27.9 Å². The summed E-state index contributed by atoms with van der Waals surface area (Å²) >= 11 is 0. The normalized spacial score (nSPS) is 12.8. The average Bonchev–Trinajstić information content (AvgIpc) is 2.42. The predicted molar refractivity (Wildman–Crippen MR) is 74.2 cm³/mol. The molecule has 18 heavy (non-hydrogen) atoms. The molecule has 0 fully saturated rings. The Morgan fingerprint density at radius 1 is 1.22 bits per heavy atom. The van der Waals surface area contributed by atoms with Crippen molar-refractivity contribution in [3.05, 3.63) is 48.2 Å². The largest absolute Gasteiger partial charge is 0.361 e. The molecule has 3 heteroatoms. The topological polar surface area (TPSA) is 41.1 Å². The van der Waals surface area contributed by atoms with Gasteiger partial charge in [0.1, 0.15) is 0 Å². The summed E-state index contributed by atoms with van der Waals surface area (Å²) in [5.41, 5.74) is 3.27. The van der Waals surface area contributed by atoms with Gasteiger partial charge in [0.15, 0.2) is 0 Å². The molecule has 2 aromatic carbocycles. The Morgan fingerprint density at radius 2 is 2.00 bits per heavy atom. The molecule has 0 atom stereocenters. The molecule has 0 unspecified atom stereocenters. The number of carbonyl (C=O) groups excluding carboxylic acids is 1. The predicted octanol–water partition coefficient (Wildman–Crippen LogP) is 2.74. The van der Waals surface area contributed by atoms with Gasteiger partial charge in [-0.2, -0.15) is 0 Å². The lowest BCUT2D eigenvalue weighted by Gasteiger charge is -2.19. The maximum absolute atomic E-state index is 11.5. The quantitative estimate of drug-likeness (QED) is 0.844. The third-order valence-electron chi connectivity index (χ3n) is 3.28. The first-order valence-electron chi connectivity index (χ1n) is 5.98. The maximum atomic E-state index is 11.5. The number of nitrogens with one attached hydrogen (secondary N) is 2. The van der Waals surface area contributed by atoms with Crippen molar-refractivity contribution in [2.45, 2.75) is 6.42 Å². The molecule has 0 aliphatic carbocycles. The first-order valence-corrected chi connectivity index (χ1v) is 5.98. The van der Waals surface area contributed by atoms with Crippen molar-refractivity contribution in [2.24, 2.45) is 0 Å². The highest BCUT2D eigenvalue weighted by Gasteiger charge is 2.15. The molecule has 0 bridgehead atoms. The van der Waals surface area contributed by atoms with E-state index in [4.69, 9.17) is 0 Å². The number of benzene rings is 2. The molecule has 90 valence electrons. The lowest BCUT2D eigenvalue weighted by atomic mass is 9.93. The van der Waals surface area contributed by atoms with Crippen LogP contribution in [-0.2, 0) is 4.79 Å². The standard InChI is InChI=1S/C15H14N2O/c1-16-14(18)8-11-9-17-13-7-3-5-10-4-2-6-12(11)15(10)13/h2-7,9,17H,8H2,1H3,(H,16,18). The van der Waals surface area contributed by atoms with E-state index in [1.165, 1.54) is 10.8 Å². The van der Waals surface area contributed by atoms with E-state index >= 15 is 0 Å². The van der Waals surface area contributed by atoms with Crippen LogP contribution >= 0.6 is 0 Å². The molecule has 1 heterocycles. The Balaban J connectivity index is 2.14. The summed E-state index contributed by atoms with van der Waals surface area (Å²) in [5, 5.41) is 8.32. The average molecular weight is 238 g/mol. The molecule has 1 amide bonds. The van der Waals surface area contributed by atoms with Gasteiger partial charge in [0.25, 0.3) is 0 Å². The zero-order valence-corrected chi connectivity index (χ0v) is 10.2. The SMILES string of the molecule is CNC(=O)CC1=CNc2cccc3cccc1c23. The minimum atomic E-state index is 0.0273. The fourth-order valence-electron chi connectivity index (χ4n) is 2.38. The van der Waals surface area contributed by atoms with E-state index in [9.17, 15) is 4.79 Å². The van der Waals surface area contributed by atoms with Gasteiger partial charge in [-0.05, 0) is 22.6 Å². The minimum absolute atomic E-state index is 0.0273. The minimum Gasteiger partial charge on any atom is -0.361 e. The number of rotatable bonds is 2. The number of carbonyl (C=O) groups is 1. The second-order valence-corrected chi connectivity index (χ2v) is 4.37. The molecule has 0 saturated heterocycles. The Bertz CT molecular complexity index is 653. The van der Waals surface area contributed by atoms with Gasteiger partial charge in [0, 0.05) is 24.3 Å². The van der Waals surface area contributed by atoms with Crippen molar-refractivity contribution in [3.8, 4) is 0 Å². The summed E-state index contributed by atoms with van der Waals surface area (Å²) in [6, 6.07) is 12.4. The van der Waals surface area contributed by atoms with E-state index in [0.717, 1.165) is 16.8 Å². The molecule has 3 nitrogen and oxygen atoms in total. The van der Waals surface area contributed by atoms with Crippen molar-refractivity contribution in [2.75, 3.05) is 12.4 Å². The van der Waals surface area contributed by atoms with Gasteiger partial charge >= 0.3 is 0 Å². The summed E-state index contributed by atoms with van der Waals surface area (Å²) in [6.07, 6.45) is 2.32. The van der Waals surface area contributed by atoms with Gasteiger partial charge in [0.2, 0.25) is 5.91 Å². The van der Waals surface area contributed by atoms with E-state index < -0.39 is 0 Å². The molecule has 0 saturated carbocycles. The highest BCUT2D eigenvalue weighted by molar-refractivity contribution is 6.07. The van der Waals surface area contributed by atoms with Crippen LogP contribution in [0.25, 0.3) is 16.3 Å². The molecular formula is C15H14N2O. The third kappa shape index (κ3) is 1.64. The van der Waals surface area contributed by atoms with Crippen LogP contribution in [0.2, 0.25) is 0 Å². The first-order chi connectivity index (χ1) is 8.79. The third-order valence-corrected chi connectivity index (χ3v) is 3.28. The summed E-state index contributed by atoms with van der Waals surface area (Å²) in [5.74, 6) is 0.0273. The van der Waals surface area contributed by atoms with Crippen LogP contribution in [0, 0.1) is 0 Å². The number of hydrogen-bond acceptors (Lipinski definition) is 2. The highest BCUT2D eigenvalue weighted by Crippen LogP contribution is 2.35. The number of anilines is 1. The summed E-state index contributed by atoms with van der Waals surface area (Å²) < 4.78 is 0. The van der Waals surface area contributed by atoms with Crippen LogP contribution < -0.4 is 10.6 Å². The van der Waals surface area contributed by atoms with Crippen LogP contribution in [0.1, 0.15) is 12.0 Å².